The van der Waals surface area contributed by atoms with E-state index >= 15 is 0 Å². The SMILES string of the molecule is CCOC(=O)C1(C)CCN(c2cccc(S(=O)(=O)Nc3ccc(C(F)(F)F)c(-c4cc(F)ccc4C)n3)n2)CC1. The smallest absolute Gasteiger partial charge is 0.418 e. The number of nitrogens with one attached hydrogen (secondary N) is 1. The number of sulfonamides is 1. The molecule has 0 bridgehead atoms. The molecule has 1 fully saturated rings. The van der Waals surface area contributed by atoms with Gasteiger partial charge in [0.25, 0.3) is 10.0 Å². The number of anilines is 2. The average molecular weight is 581 g/mol. The van der Waals surface area contributed by atoms with Crippen molar-refractivity contribution in [2.75, 3.05) is 29.3 Å². The quantitative estimate of drug-likeness (QED) is 0.288. The molecule has 1 saturated heterocycles. The lowest BCUT2D eigenvalue weighted by molar-refractivity contribution is -0.155. The van der Waals surface area contributed by atoms with Gasteiger partial charge >= 0.3 is 12.1 Å². The molecular formula is C27H28F4N4O4S. The van der Waals surface area contributed by atoms with E-state index in [9.17, 15) is 30.8 Å². The van der Waals surface area contributed by atoms with Crippen LogP contribution in [0.15, 0.2) is 53.6 Å². The number of esters is 1. The monoisotopic (exact) mass is 580 g/mol. The summed E-state index contributed by atoms with van der Waals surface area (Å²) >= 11 is 0. The van der Waals surface area contributed by atoms with Gasteiger partial charge in [-0.1, -0.05) is 12.1 Å². The van der Waals surface area contributed by atoms with E-state index in [2.05, 4.69) is 14.7 Å². The Bertz CT molecular complexity index is 1520. The number of piperidine rings is 1. The number of hydrogen-bond acceptors (Lipinski definition) is 7. The summed E-state index contributed by atoms with van der Waals surface area (Å²) in [5.74, 6) is -1.06. The first-order chi connectivity index (χ1) is 18.7. The number of rotatable bonds is 7. The minimum atomic E-state index is -4.81. The number of carbonyl (C=O) groups is 1. The third-order valence-electron chi connectivity index (χ3n) is 6.84. The maximum atomic E-state index is 13.9. The van der Waals surface area contributed by atoms with Gasteiger partial charge in [0.2, 0.25) is 0 Å². The Morgan fingerprint density at radius 3 is 2.45 bits per heavy atom. The van der Waals surface area contributed by atoms with Gasteiger partial charge in [-0.2, -0.15) is 21.6 Å². The average Bonchev–Trinajstić information content (AvgIpc) is 2.90. The second-order valence-corrected chi connectivity index (χ2v) is 11.4. The number of benzene rings is 1. The molecule has 0 atom stereocenters. The second kappa shape index (κ2) is 11.0. The molecule has 4 rings (SSSR count). The maximum absolute atomic E-state index is 13.9. The van der Waals surface area contributed by atoms with Gasteiger partial charge in [-0.3, -0.25) is 9.52 Å². The lowest BCUT2D eigenvalue weighted by atomic mass is 9.80. The summed E-state index contributed by atoms with van der Waals surface area (Å²) < 4.78 is 88.8. The Hall–Kier alpha value is -3.74. The van der Waals surface area contributed by atoms with Crippen molar-refractivity contribution in [3.05, 3.63) is 65.5 Å². The van der Waals surface area contributed by atoms with Crippen molar-refractivity contribution in [2.24, 2.45) is 5.41 Å². The third kappa shape index (κ3) is 6.19. The summed E-state index contributed by atoms with van der Waals surface area (Å²) in [5, 5.41) is -0.367. The first-order valence-corrected chi connectivity index (χ1v) is 14.0. The lowest BCUT2D eigenvalue weighted by Crippen LogP contribution is -2.43. The largest absolute Gasteiger partial charge is 0.466 e. The highest BCUT2D eigenvalue weighted by atomic mass is 32.2. The molecule has 1 aliphatic rings. The van der Waals surface area contributed by atoms with E-state index in [-0.39, 0.29) is 29.0 Å². The normalized spacial score (nSPS) is 15.5. The molecule has 40 heavy (non-hydrogen) atoms. The van der Waals surface area contributed by atoms with Gasteiger partial charge in [0, 0.05) is 18.7 Å². The molecule has 3 heterocycles. The van der Waals surface area contributed by atoms with E-state index in [0.717, 1.165) is 18.2 Å². The molecule has 214 valence electrons. The van der Waals surface area contributed by atoms with Gasteiger partial charge in [-0.05, 0) is 75.6 Å². The summed E-state index contributed by atoms with van der Waals surface area (Å²) in [7, 11) is -4.36. The minimum Gasteiger partial charge on any atom is -0.466 e. The van der Waals surface area contributed by atoms with Crippen LogP contribution in [0.1, 0.15) is 37.8 Å². The predicted molar refractivity (Wildman–Crippen MR) is 141 cm³/mol. The number of aryl methyl sites for hydroxylation is 1. The van der Waals surface area contributed by atoms with Gasteiger partial charge in [0.15, 0.2) is 5.03 Å². The Morgan fingerprint density at radius 2 is 1.80 bits per heavy atom. The molecule has 0 aliphatic carbocycles. The molecule has 0 spiro atoms. The zero-order valence-corrected chi connectivity index (χ0v) is 22.9. The van der Waals surface area contributed by atoms with Crippen LogP contribution < -0.4 is 9.62 Å². The number of pyridine rings is 2. The number of ether oxygens (including phenoxy) is 1. The molecule has 8 nitrogen and oxygen atoms in total. The molecule has 3 aromatic rings. The van der Waals surface area contributed by atoms with E-state index in [4.69, 9.17) is 4.74 Å². The van der Waals surface area contributed by atoms with E-state index in [0.29, 0.717) is 43.4 Å². The van der Waals surface area contributed by atoms with Crippen molar-refractivity contribution < 1.29 is 35.5 Å². The summed E-state index contributed by atoms with van der Waals surface area (Å²) in [6.07, 6.45) is -3.84. The Balaban J connectivity index is 1.60. The molecule has 0 saturated carbocycles. The van der Waals surface area contributed by atoms with Crippen molar-refractivity contribution in [3.63, 3.8) is 0 Å². The lowest BCUT2D eigenvalue weighted by Gasteiger charge is -2.38. The van der Waals surface area contributed by atoms with Crippen LogP contribution in [-0.4, -0.2) is 44.1 Å². The topological polar surface area (TPSA) is 101 Å². The van der Waals surface area contributed by atoms with Crippen LogP contribution in [0, 0.1) is 18.2 Å². The molecule has 2 aromatic heterocycles. The minimum absolute atomic E-state index is 0.117. The second-order valence-electron chi connectivity index (χ2n) is 9.76. The van der Waals surface area contributed by atoms with Crippen LogP contribution >= 0.6 is 0 Å². The van der Waals surface area contributed by atoms with Gasteiger partial charge in [0.05, 0.1) is 23.3 Å². The van der Waals surface area contributed by atoms with Gasteiger partial charge in [-0.15, -0.1) is 0 Å². The van der Waals surface area contributed by atoms with Crippen LogP contribution in [0.3, 0.4) is 0 Å². The molecule has 1 N–H and O–H groups in total. The van der Waals surface area contributed by atoms with Crippen molar-refractivity contribution in [2.45, 2.75) is 44.8 Å². The van der Waals surface area contributed by atoms with E-state index in [1.807, 2.05) is 11.8 Å². The highest BCUT2D eigenvalue weighted by Crippen LogP contribution is 2.38. The Labute approximate surface area is 229 Å². The number of alkyl halides is 3. The summed E-state index contributed by atoms with van der Waals surface area (Å²) in [4.78, 5) is 22.3. The molecule has 1 aliphatic heterocycles. The molecule has 0 radical (unpaired) electrons. The van der Waals surface area contributed by atoms with Crippen LogP contribution in [0.5, 0.6) is 0 Å². The van der Waals surface area contributed by atoms with Crippen LogP contribution in [0.2, 0.25) is 0 Å². The molecule has 0 amide bonds. The third-order valence-corrected chi connectivity index (χ3v) is 8.09. The molecule has 0 unspecified atom stereocenters. The molecular weight excluding hydrogens is 552 g/mol. The van der Waals surface area contributed by atoms with Crippen molar-refractivity contribution in [3.8, 4) is 11.3 Å². The Morgan fingerprint density at radius 1 is 1.10 bits per heavy atom. The fraction of sp³-hybridized carbons (Fsp3) is 0.370. The first-order valence-electron chi connectivity index (χ1n) is 12.5. The summed E-state index contributed by atoms with van der Waals surface area (Å²) in [6.45, 7) is 6.23. The fourth-order valence-corrected chi connectivity index (χ4v) is 5.42. The van der Waals surface area contributed by atoms with Crippen molar-refractivity contribution in [1.29, 1.82) is 0 Å². The predicted octanol–water partition coefficient (Wildman–Crippen LogP) is 5.58. The van der Waals surface area contributed by atoms with Crippen LogP contribution in [-0.2, 0) is 25.7 Å². The standard InChI is InChI=1S/C27H28F4N4O4S/c1-4-39-25(36)26(3)12-14-35(15-13-26)22-6-5-7-23(33-22)40(37,38)34-21-11-10-20(27(29,30)31)24(32-21)19-16-18(28)9-8-17(19)2/h5-11,16H,4,12-15H2,1-3H3,(H,32,34). The van der Waals surface area contributed by atoms with E-state index < -0.39 is 38.7 Å². The van der Waals surface area contributed by atoms with E-state index in [1.54, 1.807) is 13.0 Å². The van der Waals surface area contributed by atoms with Crippen molar-refractivity contribution in [1.82, 2.24) is 9.97 Å². The van der Waals surface area contributed by atoms with Crippen LogP contribution in [0.25, 0.3) is 11.3 Å². The number of carbonyl (C=O) groups excluding carboxylic acids is 1. The summed E-state index contributed by atoms with van der Waals surface area (Å²) in [5.41, 5.74) is -2.18. The number of halogens is 4. The zero-order valence-electron chi connectivity index (χ0n) is 22.0. The molecule has 1 aromatic carbocycles. The fourth-order valence-electron chi connectivity index (χ4n) is 4.46. The molecule has 13 heteroatoms. The van der Waals surface area contributed by atoms with Crippen molar-refractivity contribution >= 4 is 27.6 Å². The first kappa shape index (κ1) is 29.2. The number of aromatic nitrogens is 2. The number of hydrogen-bond donors (Lipinski definition) is 1. The number of nitrogens with zero attached hydrogens (tertiary/aromatic N) is 3. The van der Waals surface area contributed by atoms with Gasteiger partial charge in [-0.25, -0.2) is 14.4 Å². The Kier molecular flexibility index (Phi) is 8.06. The van der Waals surface area contributed by atoms with Gasteiger partial charge < -0.3 is 9.64 Å². The van der Waals surface area contributed by atoms with Gasteiger partial charge in [0.1, 0.15) is 17.5 Å². The maximum Gasteiger partial charge on any atom is 0.418 e. The highest BCUT2D eigenvalue weighted by Gasteiger charge is 2.39. The highest BCUT2D eigenvalue weighted by molar-refractivity contribution is 7.92. The summed E-state index contributed by atoms with van der Waals surface area (Å²) in [6, 6.07) is 9.31. The van der Waals surface area contributed by atoms with Crippen LogP contribution in [0.4, 0.5) is 29.2 Å². The zero-order chi connectivity index (χ0) is 29.3. The van der Waals surface area contributed by atoms with E-state index in [1.165, 1.54) is 25.1 Å².